The van der Waals surface area contributed by atoms with E-state index in [4.69, 9.17) is 4.74 Å². The quantitative estimate of drug-likeness (QED) is 0.686. The number of rotatable bonds is 5. The van der Waals surface area contributed by atoms with E-state index in [1.54, 1.807) is 4.90 Å². The fraction of sp³-hybridized carbons (Fsp3) is 0.500. The zero-order valence-corrected chi connectivity index (χ0v) is 15.8. The van der Waals surface area contributed by atoms with Gasteiger partial charge in [-0.05, 0) is 38.8 Å². The van der Waals surface area contributed by atoms with Crippen LogP contribution in [-0.4, -0.2) is 23.1 Å². The molecule has 0 aliphatic heterocycles. The van der Waals surface area contributed by atoms with Crippen LogP contribution in [0.2, 0.25) is 0 Å². The molecule has 0 unspecified atom stereocenters. The molecule has 0 N–H and O–H groups in total. The van der Waals surface area contributed by atoms with Crippen molar-refractivity contribution in [3.63, 3.8) is 0 Å². The Kier molecular flexibility index (Phi) is 6.21. The maximum Gasteiger partial charge on any atom is 0.262 e. The van der Waals surface area contributed by atoms with Gasteiger partial charge in [0.1, 0.15) is 6.10 Å². The highest BCUT2D eigenvalue weighted by Crippen LogP contribution is 2.30. The van der Waals surface area contributed by atoms with Crippen molar-refractivity contribution >= 4 is 28.1 Å². The van der Waals surface area contributed by atoms with Gasteiger partial charge >= 0.3 is 0 Å². The Morgan fingerprint density at radius 3 is 2.48 bits per heavy atom. The van der Waals surface area contributed by atoms with Crippen LogP contribution in [0, 0.1) is 6.92 Å². The Bertz CT molecular complexity index is 678. The molecule has 1 fully saturated rings. The van der Waals surface area contributed by atoms with Crippen molar-refractivity contribution in [2.75, 3.05) is 4.90 Å². The standard InChI is InChI=1S/C20H26N2O2S/c1-15-14-25-20(21-15)22(17-10-6-5-7-11-17)19(23)16(2)24-18-12-8-3-4-9-13-18/h5-7,10-11,14,16,18H,3-4,8-9,12-13H2,1-2H3/t16-/m0/s1. The lowest BCUT2D eigenvalue weighted by Gasteiger charge is -2.26. The molecule has 1 amide bonds. The van der Waals surface area contributed by atoms with Crippen LogP contribution in [-0.2, 0) is 9.53 Å². The molecule has 1 heterocycles. The first-order valence-electron chi connectivity index (χ1n) is 9.12. The highest BCUT2D eigenvalue weighted by molar-refractivity contribution is 7.14. The van der Waals surface area contributed by atoms with E-state index in [9.17, 15) is 4.79 Å². The molecule has 1 atom stereocenters. The topological polar surface area (TPSA) is 42.4 Å². The van der Waals surface area contributed by atoms with Gasteiger partial charge in [0.2, 0.25) is 0 Å². The van der Waals surface area contributed by atoms with E-state index in [-0.39, 0.29) is 12.0 Å². The smallest absolute Gasteiger partial charge is 0.262 e. The molecule has 4 nitrogen and oxygen atoms in total. The first-order chi connectivity index (χ1) is 12.1. The number of carbonyl (C=O) groups excluding carboxylic acids is 1. The Morgan fingerprint density at radius 2 is 1.88 bits per heavy atom. The number of aromatic nitrogens is 1. The third kappa shape index (κ3) is 4.67. The Labute approximate surface area is 153 Å². The maximum atomic E-state index is 13.2. The average Bonchev–Trinajstić information content (AvgIpc) is 2.88. The van der Waals surface area contributed by atoms with Gasteiger partial charge in [0.05, 0.1) is 17.5 Å². The molecule has 0 saturated heterocycles. The predicted molar refractivity (Wildman–Crippen MR) is 102 cm³/mol. The largest absolute Gasteiger partial charge is 0.365 e. The molecule has 0 bridgehead atoms. The number of benzene rings is 1. The van der Waals surface area contributed by atoms with Crippen LogP contribution in [0.1, 0.15) is 51.1 Å². The minimum Gasteiger partial charge on any atom is -0.365 e. The summed E-state index contributed by atoms with van der Waals surface area (Å²) < 4.78 is 6.15. The second-order valence-corrected chi connectivity index (χ2v) is 7.51. The van der Waals surface area contributed by atoms with E-state index in [2.05, 4.69) is 4.98 Å². The second kappa shape index (κ2) is 8.59. The highest BCUT2D eigenvalue weighted by atomic mass is 32.1. The van der Waals surface area contributed by atoms with Gasteiger partial charge in [-0.15, -0.1) is 11.3 Å². The second-order valence-electron chi connectivity index (χ2n) is 6.67. The van der Waals surface area contributed by atoms with Gasteiger partial charge in [-0.25, -0.2) is 4.98 Å². The van der Waals surface area contributed by atoms with Gasteiger partial charge < -0.3 is 4.74 Å². The summed E-state index contributed by atoms with van der Waals surface area (Å²) in [5.74, 6) is -0.0511. The zero-order valence-electron chi connectivity index (χ0n) is 15.0. The van der Waals surface area contributed by atoms with E-state index in [1.807, 2.05) is 49.6 Å². The lowest BCUT2D eigenvalue weighted by Crippen LogP contribution is -2.38. The first-order valence-corrected chi connectivity index (χ1v) is 9.99. The maximum absolute atomic E-state index is 13.2. The van der Waals surface area contributed by atoms with Crippen LogP contribution in [0.15, 0.2) is 35.7 Å². The van der Waals surface area contributed by atoms with Gasteiger partial charge in [0.15, 0.2) is 5.13 Å². The molecule has 1 aliphatic rings. The SMILES string of the molecule is Cc1csc(N(C(=O)[C@H](C)OC2CCCCCC2)c2ccccc2)n1. The summed E-state index contributed by atoms with van der Waals surface area (Å²) in [6, 6.07) is 9.70. The van der Waals surface area contributed by atoms with E-state index in [1.165, 1.54) is 37.0 Å². The van der Waals surface area contributed by atoms with Crippen LogP contribution >= 0.6 is 11.3 Å². The zero-order chi connectivity index (χ0) is 17.6. The molecule has 1 aromatic heterocycles. The Hall–Kier alpha value is -1.72. The van der Waals surface area contributed by atoms with Crippen molar-refractivity contribution in [1.82, 2.24) is 4.98 Å². The lowest BCUT2D eigenvalue weighted by atomic mass is 10.1. The van der Waals surface area contributed by atoms with E-state index >= 15 is 0 Å². The molecule has 2 aromatic rings. The Balaban J connectivity index is 1.78. The number of nitrogens with zero attached hydrogens (tertiary/aromatic N) is 2. The predicted octanol–water partition coefficient (Wildman–Crippen LogP) is 5.24. The third-order valence-corrected chi connectivity index (χ3v) is 5.52. The van der Waals surface area contributed by atoms with Crippen molar-refractivity contribution in [1.29, 1.82) is 0 Å². The number of hydrogen-bond donors (Lipinski definition) is 0. The lowest BCUT2D eigenvalue weighted by molar-refractivity contribution is -0.132. The molecule has 1 saturated carbocycles. The first kappa shape index (κ1) is 18.1. The van der Waals surface area contributed by atoms with Gasteiger partial charge in [-0.1, -0.05) is 43.9 Å². The van der Waals surface area contributed by atoms with Crippen molar-refractivity contribution in [2.45, 2.75) is 64.6 Å². The van der Waals surface area contributed by atoms with Crippen molar-refractivity contribution in [3.05, 3.63) is 41.4 Å². The molecule has 134 valence electrons. The number of thiazole rings is 1. The third-order valence-electron chi connectivity index (χ3n) is 4.58. The fourth-order valence-electron chi connectivity index (χ4n) is 3.26. The summed E-state index contributed by atoms with van der Waals surface area (Å²) in [6.07, 6.45) is 6.76. The number of ether oxygens (including phenoxy) is 1. The van der Waals surface area contributed by atoms with Crippen molar-refractivity contribution in [3.8, 4) is 0 Å². The minimum atomic E-state index is -0.479. The highest BCUT2D eigenvalue weighted by Gasteiger charge is 2.28. The summed E-state index contributed by atoms with van der Waals surface area (Å²) in [5.41, 5.74) is 1.75. The van der Waals surface area contributed by atoms with Crippen LogP contribution < -0.4 is 4.90 Å². The van der Waals surface area contributed by atoms with E-state index in [0.29, 0.717) is 5.13 Å². The number of hydrogen-bond acceptors (Lipinski definition) is 4. The molecule has 0 radical (unpaired) electrons. The summed E-state index contributed by atoms with van der Waals surface area (Å²) in [5, 5.41) is 2.67. The molecule has 1 aromatic carbocycles. The molecular formula is C20H26N2O2S. The van der Waals surface area contributed by atoms with Crippen molar-refractivity contribution < 1.29 is 9.53 Å². The Morgan fingerprint density at radius 1 is 1.20 bits per heavy atom. The van der Waals surface area contributed by atoms with Crippen LogP contribution in [0.3, 0.4) is 0 Å². The summed E-state index contributed by atoms with van der Waals surface area (Å²) >= 11 is 1.49. The molecule has 1 aliphatic carbocycles. The number of para-hydroxylation sites is 1. The van der Waals surface area contributed by atoms with Gasteiger partial charge in [-0.3, -0.25) is 9.69 Å². The van der Waals surface area contributed by atoms with Crippen LogP contribution in [0.4, 0.5) is 10.8 Å². The monoisotopic (exact) mass is 358 g/mol. The minimum absolute atomic E-state index is 0.0511. The van der Waals surface area contributed by atoms with Crippen LogP contribution in [0.25, 0.3) is 0 Å². The fourth-order valence-corrected chi connectivity index (χ4v) is 4.09. The summed E-state index contributed by atoms with van der Waals surface area (Å²) in [4.78, 5) is 19.4. The normalized spacial score (nSPS) is 17.0. The average molecular weight is 359 g/mol. The van der Waals surface area contributed by atoms with Gasteiger partial charge in [-0.2, -0.15) is 0 Å². The van der Waals surface area contributed by atoms with Crippen molar-refractivity contribution in [2.24, 2.45) is 0 Å². The van der Waals surface area contributed by atoms with E-state index < -0.39 is 6.10 Å². The molecule has 5 heteroatoms. The summed E-state index contributed by atoms with van der Waals surface area (Å²) in [6.45, 7) is 3.81. The molecule has 0 spiro atoms. The van der Waals surface area contributed by atoms with Crippen LogP contribution in [0.5, 0.6) is 0 Å². The van der Waals surface area contributed by atoms with Gasteiger partial charge in [0.25, 0.3) is 5.91 Å². The number of aryl methyl sites for hydroxylation is 1. The molecular weight excluding hydrogens is 332 g/mol. The van der Waals surface area contributed by atoms with Gasteiger partial charge in [0, 0.05) is 5.38 Å². The number of anilines is 2. The summed E-state index contributed by atoms with van der Waals surface area (Å²) in [7, 11) is 0. The van der Waals surface area contributed by atoms with E-state index in [0.717, 1.165) is 24.2 Å². The molecule has 25 heavy (non-hydrogen) atoms. The number of amides is 1. The molecule has 3 rings (SSSR count). The number of carbonyl (C=O) groups is 1.